The highest BCUT2D eigenvalue weighted by Gasteiger charge is 2.09. The number of phenolic OH excluding ortho intramolecular Hbond substituents is 1. The number of azo groups is 1. The second-order valence-corrected chi connectivity index (χ2v) is 8.33. The standard InChI is InChI=1S/C26H30N6O2/c1-4-34-20-7-9-23-22(15-20)26(27)21-8-5-19(14-24(21)29-23)31-30-18-6-10-25(33)17(13-18)16-28-11-12-32(2)3/h5-10,13-15,28,33H,4,11-12,16H2,1-3H3,(H2,27,29). The number of aromatic hydroxyl groups is 1. The van der Waals surface area contributed by atoms with Crippen LogP contribution in [0.3, 0.4) is 0 Å². The van der Waals surface area contributed by atoms with Crippen LogP contribution in [0.15, 0.2) is 64.8 Å². The van der Waals surface area contributed by atoms with E-state index >= 15 is 0 Å². The van der Waals surface area contributed by atoms with Gasteiger partial charge in [0, 0.05) is 36.0 Å². The largest absolute Gasteiger partial charge is 0.508 e. The van der Waals surface area contributed by atoms with E-state index in [2.05, 4.69) is 20.4 Å². The number of ether oxygens (including phenoxy) is 1. The molecule has 0 aliphatic carbocycles. The molecule has 4 N–H and O–H groups in total. The fraction of sp³-hybridized carbons (Fsp3) is 0.269. The number of pyridine rings is 1. The zero-order chi connectivity index (χ0) is 24.1. The third-order valence-corrected chi connectivity index (χ3v) is 5.48. The first kappa shape index (κ1) is 23.4. The van der Waals surface area contributed by atoms with Crippen LogP contribution in [0.4, 0.5) is 17.1 Å². The van der Waals surface area contributed by atoms with Crippen LogP contribution in [0.1, 0.15) is 12.5 Å². The second-order valence-electron chi connectivity index (χ2n) is 8.33. The number of benzene rings is 3. The lowest BCUT2D eigenvalue weighted by atomic mass is 10.1. The van der Waals surface area contributed by atoms with Crippen molar-refractivity contribution in [2.24, 2.45) is 10.2 Å². The number of nitrogens with two attached hydrogens (primary N) is 1. The molecule has 1 heterocycles. The number of nitrogen functional groups attached to an aromatic ring is 1. The molecule has 0 saturated carbocycles. The topological polar surface area (TPSA) is 108 Å². The van der Waals surface area contributed by atoms with E-state index in [4.69, 9.17) is 15.5 Å². The van der Waals surface area contributed by atoms with E-state index in [-0.39, 0.29) is 5.75 Å². The van der Waals surface area contributed by atoms with Gasteiger partial charge in [-0.3, -0.25) is 0 Å². The summed E-state index contributed by atoms with van der Waals surface area (Å²) >= 11 is 0. The Balaban J connectivity index is 1.56. The summed E-state index contributed by atoms with van der Waals surface area (Å²) in [4.78, 5) is 6.85. The Hall–Kier alpha value is -3.75. The number of phenols is 1. The van der Waals surface area contributed by atoms with Crippen molar-refractivity contribution in [1.82, 2.24) is 15.2 Å². The van der Waals surface area contributed by atoms with Crippen LogP contribution in [-0.4, -0.2) is 48.8 Å². The van der Waals surface area contributed by atoms with Gasteiger partial charge >= 0.3 is 0 Å². The van der Waals surface area contributed by atoms with Crippen LogP contribution in [0.2, 0.25) is 0 Å². The molecule has 34 heavy (non-hydrogen) atoms. The lowest BCUT2D eigenvalue weighted by Gasteiger charge is -2.11. The van der Waals surface area contributed by atoms with Crippen LogP contribution < -0.4 is 15.8 Å². The molecule has 1 aromatic heterocycles. The minimum atomic E-state index is 0.237. The molecule has 0 atom stereocenters. The van der Waals surface area contributed by atoms with Gasteiger partial charge < -0.3 is 25.8 Å². The van der Waals surface area contributed by atoms with Crippen molar-refractivity contribution in [3.63, 3.8) is 0 Å². The van der Waals surface area contributed by atoms with Gasteiger partial charge in [-0.1, -0.05) is 0 Å². The molecule has 0 radical (unpaired) electrons. The van der Waals surface area contributed by atoms with Gasteiger partial charge in [0.1, 0.15) is 11.5 Å². The van der Waals surface area contributed by atoms with Crippen LogP contribution in [0, 0.1) is 0 Å². The summed E-state index contributed by atoms with van der Waals surface area (Å²) in [6.45, 7) is 4.85. The zero-order valence-corrected chi connectivity index (χ0v) is 19.7. The number of fused-ring (bicyclic) bond motifs is 2. The molecule has 4 rings (SSSR count). The maximum Gasteiger partial charge on any atom is 0.120 e. The molecule has 0 aliphatic heterocycles. The minimum absolute atomic E-state index is 0.237. The first-order chi connectivity index (χ1) is 16.4. The molecule has 0 aliphatic rings. The number of anilines is 1. The smallest absolute Gasteiger partial charge is 0.120 e. The quantitative estimate of drug-likeness (QED) is 0.182. The van der Waals surface area contributed by atoms with Crippen molar-refractivity contribution in [2.75, 3.05) is 39.5 Å². The minimum Gasteiger partial charge on any atom is -0.508 e. The van der Waals surface area contributed by atoms with Crippen molar-refractivity contribution in [1.29, 1.82) is 0 Å². The molecule has 8 nitrogen and oxygen atoms in total. The zero-order valence-electron chi connectivity index (χ0n) is 19.7. The molecule has 8 heteroatoms. The number of hydrogen-bond donors (Lipinski definition) is 3. The van der Waals surface area contributed by atoms with Crippen LogP contribution in [0.25, 0.3) is 21.8 Å². The lowest BCUT2D eigenvalue weighted by Crippen LogP contribution is -2.26. The molecular weight excluding hydrogens is 428 g/mol. The van der Waals surface area contributed by atoms with Gasteiger partial charge in [-0.25, -0.2) is 4.98 Å². The molecule has 0 fully saturated rings. The molecule has 0 saturated heterocycles. The van der Waals surface area contributed by atoms with E-state index in [0.717, 1.165) is 46.2 Å². The Kier molecular flexibility index (Phi) is 7.20. The summed E-state index contributed by atoms with van der Waals surface area (Å²) in [5.74, 6) is 1.01. The number of hydrogen-bond acceptors (Lipinski definition) is 8. The molecule has 4 aromatic rings. The maximum atomic E-state index is 10.2. The summed E-state index contributed by atoms with van der Waals surface area (Å²) in [5, 5.41) is 23.9. The van der Waals surface area contributed by atoms with Gasteiger partial charge in [-0.15, -0.1) is 0 Å². The molecule has 0 spiro atoms. The summed E-state index contributed by atoms with van der Waals surface area (Å²) in [6, 6.07) is 16.6. The molecule has 3 aromatic carbocycles. The van der Waals surface area contributed by atoms with Gasteiger partial charge in [0.2, 0.25) is 0 Å². The van der Waals surface area contributed by atoms with E-state index < -0.39 is 0 Å². The van der Waals surface area contributed by atoms with Crippen LogP contribution >= 0.6 is 0 Å². The highest BCUT2D eigenvalue weighted by molar-refractivity contribution is 6.07. The van der Waals surface area contributed by atoms with Crippen molar-refractivity contribution in [2.45, 2.75) is 13.5 Å². The second kappa shape index (κ2) is 10.5. The van der Waals surface area contributed by atoms with Crippen LogP contribution in [0.5, 0.6) is 11.5 Å². The first-order valence-electron chi connectivity index (χ1n) is 11.3. The molecule has 176 valence electrons. The highest BCUT2D eigenvalue weighted by Crippen LogP contribution is 2.33. The maximum absolute atomic E-state index is 10.2. The third kappa shape index (κ3) is 5.41. The van der Waals surface area contributed by atoms with E-state index in [1.165, 1.54) is 0 Å². The van der Waals surface area contributed by atoms with Gasteiger partial charge in [0.25, 0.3) is 0 Å². The van der Waals surface area contributed by atoms with Crippen molar-refractivity contribution in [3.8, 4) is 11.5 Å². The van der Waals surface area contributed by atoms with E-state index in [9.17, 15) is 5.11 Å². The van der Waals surface area contributed by atoms with Crippen molar-refractivity contribution in [3.05, 3.63) is 60.2 Å². The Morgan fingerprint density at radius 2 is 1.74 bits per heavy atom. The predicted octanol–water partition coefficient (Wildman–Crippen LogP) is 5.14. The fourth-order valence-electron chi connectivity index (χ4n) is 3.68. The number of nitrogens with one attached hydrogen (secondary N) is 1. The Morgan fingerprint density at radius 3 is 2.50 bits per heavy atom. The molecule has 0 amide bonds. The predicted molar refractivity (Wildman–Crippen MR) is 137 cm³/mol. The average Bonchev–Trinajstić information content (AvgIpc) is 2.82. The van der Waals surface area contributed by atoms with Gasteiger partial charge in [-0.05, 0) is 75.6 Å². The van der Waals surface area contributed by atoms with E-state index in [1.807, 2.05) is 63.5 Å². The Morgan fingerprint density at radius 1 is 0.971 bits per heavy atom. The van der Waals surface area contributed by atoms with Crippen molar-refractivity contribution >= 4 is 38.9 Å². The lowest BCUT2D eigenvalue weighted by molar-refractivity contribution is 0.341. The van der Waals surface area contributed by atoms with Crippen LogP contribution in [-0.2, 0) is 6.54 Å². The summed E-state index contributed by atoms with van der Waals surface area (Å²) in [5.41, 5.74) is 10.8. The molecule has 0 unspecified atom stereocenters. The van der Waals surface area contributed by atoms with Gasteiger partial charge in [-0.2, -0.15) is 10.2 Å². The van der Waals surface area contributed by atoms with E-state index in [1.54, 1.807) is 12.1 Å². The normalized spacial score (nSPS) is 11.8. The SMILES string of the molecule is CCOc1ccc2nc3cc(N=Nc4ccc(O)c(CNCCN(C)C)c4)ccc3c(N)c2c1. The monoisotopic (exact) mass is 458 g/mol. The van der Waals surface area contributed by atoms with Gasteiger partial charge in [0.15, 0.2) is 0 Å². The summed E-state index contributed by atoms with van der Waals surface area (Å²) in [7, 11) is 4.05. The van der Waals surface area contributed by atoms with Gasteiger partial charge in [0.05, 0.1) is 34.7 Å². The number of aromatic nitrogens is 1. The van der Waals surface area contributed by atoms with E-state index in [0.29, 0.717) is 30.2 Å². The molecule has 0 bridgehead atoms. The Labute approximate surface area is 199 Å². The third-order valence-electron chi connectivity index (χ3n) is 5.48. The molecular formula is C26H30N6O2. The number of likely N-dealkylation sites (N-methyl/N-ethyl adjacent to an activating group) is 1. The summed E-state index contributed by atoms with van der Waals surface area (Å²) in [6.07, 6.45) is 0. The highest BCUT2D eigenvalue weighted by atomic mass is 16.5. The first-order valence-corrected chi connectivity index (χ1v) is 11.3. The van der Waals surface area contributed by atoms with Crippen molar-refractivity contribution < 1.29 is 9.84 Å². The number of rotatable bonds is 9. The average molecular weight is 459 g/mol. The Bertz CT molecular complexity index is 1340. The fourth-order valence-corrected chi connectivity index (χ4v) is 3.68. The number of nitrogens with zero attached hydrogens (tertiary/aromatic N) is 4. The summed E-state index contributed by atoms with van der Waals surface area (Å²) < 4.78 is 5.59.